The molecule has 1 fully saturated rings. The van der Waals surface area contributed by atoms with E-state index in [1.807, 2.05) is 31.1 Å². The van der Waals surface area contributed by atoms with Crippen molar-refractivity contribution in [2.24, 2.45) is 17.6 Å². The first-order valence-corrected chi connectivity index (χ1v) is 6.76. The van der Waals surface area contributed by atoms with Gasteiger partial charge >= 0.3 is 0 Å². The summed E-state index contributed by atoms with van der Waals surface area (Å²) in [7, 11) is 3.92. The molecule has 7 heteroatoms. The molecule has 1 aromatic heterocycles. The highest BCUT2D eigenvalue weighted by atomic mass is 35.5. The highest BCUT2D eigenvalue weighted by Gasteiger charge is 2.31. The van der Waals surface area contributed by atoms with Gasteiger partial charge in [-0.15, -0.1) is 24.8 Å². The van der Waals surface area contributed by atoms with Crippen LogP contribution in [-0.2, 0) is 4.79 Å². The minimum absolute atomic E-state index is 0. The van der Waals surface area contributed by atoms with Crippen molar-refractivity contribution < 1.29 is 4.79 Å². The van der Waals surface area contributed by atoms with Crippen molar-refractivity contribution in [3.63, 3.8) is 0 Å². The van der Waals surface area contributed by atoms with E-state index >= 15 is 0 Å². The molecular formula is C14H24Cl2N4O. The first kappa shape index (κ1) is 20.0. The summed E-state index contributed by atoms with van der Waals surface area (Å²) in [5.41, 5.74) is 6.72. The van der Waals surface area contributed by atoms with Crippen LogP contribution in [0.3, 0.4) is 0 Å². The number of halogens is 2. The second-order valence-electron chi connectivity index (χ2n) is 5.32. The summed E-state index contributed by atoms with van der Waals surface area (Å²) in [5.74, 6) is 1.03. The van der Waals surface area contributed by atoms with Gasteiger partial charge in [0.2, 0.25) is 5.91 Å². The molecule has 3 N–H and O–H groups in total. The molecule has 1 aliphatic rings. The molecule has 1 aromatic rings. The molecule has 0 saturated heterocycles. The maximum atomic E-state index is 12.2. The first-order chi connectivity index (χ1) is 9.11. The van der Waals surface area contributed by atoms with E-state index in [4.69, 9.17) is 5.73 Å². The number of aromatic nitrogens is 1. The fourth-order valence-corrected chi connectivity index (χ4v) is 2.61. The Morgan fingerprint density at radius 3 is 2.62 bits per heavy atom. The minimum Gasteiger partial charge on any atom is -0.376 e. The predicted octanol–water partition coefficient (Wildman–Crippen LogP) is 2.30. The van der Waals surface area contributed by atoms with Crippen molar-refractivity contribution in [1.29, 1.82) is 0 Å². The van der Waals surface area contributed by atoms with Crippen LogP contribution in [0.1, 0.15) is 19.3 Å². The van der Waals surface area contributed by atoms with Crippen LogP contribution >= 0.6 is 24.8 Å². The lowest BCUT2D eigenvalue weighted by Gasteiger charge is -2.17. The molecule has 120 valence electrons. The molecular weight excluding hydrogens is 311 g/mol. The SMILES string of the molecule is CN(C)c1ccc(NC(=O)[C@@H]2CCC[C@@H]2CN)nc1.Cl.Cl. The Hall–Kier alpha value is -1.04. The highest BCUT2D eigenvalue weighted by Crippen LogP contribution is 2.31. The number of nitrogens with zero attached hydrogens (tertiary/aromatic N) is 2. The number of nitrogens with two attached hydrogens (primary N) is 1. The Bertz CT molecular complexity index is 439. The van der Waals surface area contributed by atoms with E-state index < -0.39 is 0 Å². The van der Waals surface area contributed by atoms with Crippen molar-refractivity contribution in [2.75, 3.05) is 30.9 Å². The van der Waals surface area contributed by atoms with E-state index in [1.165, 1.54) is 0 Å². The quantitative estimate of drug-likeness (QED) is 0.886. The molecule has 0 spiro atoms. The number of rotatable bonds is 4. The van der Waals surface area contributed by atoms with Gasteiger partial charge in [-0.05, 0) is 37.4 Å². The van der Waals surface area contributed by atoms with Crippen molar-refractivity contribution in [3.8, 4) is 0 Å². The molecule has 0 unspecified atom stereocenters. The van der Waals surface area contributed by atoms with Crippen LogP contribution in [0.4, 0.5) is 11.5 Å². The van der Waals surface area contributed by atoms with Gasteiger partial charge < -0.3 is 16.0 Å². The first-order valence-electron chi connectivity index (χ1n) is 6.76. The standard InChI is InChI=1S/C14H22N4O.2ClH/c1-18(2)11-6-7-13(16-9-11)17-14(19)12-5-3-4-10(12)8-15;;/h6-7,9-10,12H,3-5,8,15H2,1-2H3,(H,16,17,19);2*1H/t10-,12-;;/m1../s1. The van der Waals surface area contributed by atoms with Gasteiger partial charge in [-0.1, -0.05) is 6.42 Å². The number of hydrogen-bond acceptors (Lipinski definition) is 4. The number of nitrogens with one attached hydrogen (secondary N) is 1. The smallest absolute Gasteiger partial charge is 0.228 e. The number of anilines is 2. The fraction of sp³-hybridized carbons (Fsp3) is 0.571. The van der Waals surface area contributed by atoms with Crippen molar-refractivity contribution in [1.82, 2.24) is 4.98 Å². The van der Waals surface area contributed by atoms with E-state index in [1.54, 1.807) is 6.20 Å². The zero-order valence-electron chi connectivity index (χ0n) is 12.4. The summed E-state index contributed by atoms with van der Waals surface area (Å²) in [6, 6.07) is 3.78. The van der Waals surface area contributed by atoms with Crippen LogP contribution < -0.4 is 16.0 Å². The van der Waals surface area contributed by atoms with Crippen LogP contribution in [0.5, 0.6) is 0 Å². The van der Waals surface area contributed by atoms with Gasteiger partial charge in [0.05, 0.1) is 11.9 Å². The lowest BCUT2D eigenvalue weighted by molar-refractivity contribution is -0.120. The fourth-order valence-electron chi connectivity index (χ4n) is 2.61. The van der Waals surface area contributed by atoms with Crippen LogP contribution in [-0.4, -0.2) is 31.5 Å². The van der Waals surface area contributed by atoms with Gasteiger partial charge in [0, 0.05) is 20.0 Å². The minimum atomic E-state index is 0. The summed E-state index contributed by atoms with van der Waals surface area (Å²) >= 11 is 0. The second-order valence-corrected chi connectivity index (χ2v) is 5.32. The molecule has 2 rings (SSSR count). The average molecular weight is 335 g/mol. The van der Waals surface area contributed by atoms with Gasteiger partial charge in [-0.25, -0.2) is 4.98 Å². The molecule has 1 saturated carbocycles. The zero-order valence-corrected chi connectivity index (χ0v) is 14.0. The van der Waals surface area contributed by atoms with Gasteiger partial charge in [0.25, 0.3) is 0 Å². The van der Waals surface area contributed by atoms with Crippen LogP contribution in [0, 0.1) is 11.8 Å². The Kier molecular flexibility index (Phi) is 8.63. The number of amides is 1. The number of carbonyl (C=O) groups excluding carboxylic acids is 1. The van der Waals surface area contributed by atoms with Crippen LogP contribution in [0.2, 0.25) is 0 Å². The number of hydrogen-bond donors (Lipinski definition) is 2. The lowest BCUT2D eigenvalue weighted by Crippen LogP contribution is -2.30. The average Bonchev–Trinajstić information content (AvgIpc) is 2.87. The molecule has 0 aliphatic heterocycles. The molecule has 5 nitrogen and oxygen atoms in total. The monoisotopic (exact) mass is 334 g/mol. The predicted molar refractivity (Wildman–Crippen MR) is 91.6 cm³/mol. The molecule has 21 heavy (non-hydrogen) atoms. The summed E-state index contributed by atoms with van der Waals surface area (Å²) in [6.45, 7) is 0.588. The summed E-state index contributed by atoms with van der Waals surface area (Å²) in [5, 5.41) is 2.89. The topological polar surface area (TPSA) is 71.2 Å². The third kappa shape index (κ3) is 5.02. The Morgan fingerprint density at radius 1 is 1.38 bits per heavy atom. The van der Waals surface area contributed by atoms with Gasteiger partial charge in [-0.2, -0.15) is 0 Å². The third-order valence-corrected chi connectivity index (χ3v) is 3.81. The number of pyridine rings is 1. The van der Waals surface area contributed by atoms with Gasteiger partial charge in [0.1, 0.15) is 5.82 Å². The van der Waals surface area contributed by atoms with Gasteiger partial charge in [-0.3, -0.25) is 4.79 Å². The second kappa shape index (κ2) is 9.07. The Morgan fingerprint density at radius 2 is 2.10 bits per heavy atom. The van der Waals surface area contributed by atoms with Crippen molar-refractivity contribution in [2.45, 2.75) is 19.3 Å². The molecule has 2 atom stereocenters. The maximum absolute atomic E-state index is 12.2. The molecule has 0 bridgehead atoms. The zero-order chi connectivity index (χ0) is 13.8. The third-order valence-electron chi connectivity index (χ3n) is 3.81. The summed E-state index contributed by atoms with van der Waals surface area (Å²) in [6.07, 6.45) is 4.84. The molecule has 1 amide bonds. The summed E-state index contributed by atoms with van der Waals surface area (Å²) in [4.78, 5) is 18.4. The molecule has 0 radical (unpaired) electrons. The lowest BCUT2D eigenvalue weighted by atomic mass is 9.95. The largest absolute Gasteiger partial charge is 0.376 e. The van der Waals surface area contributed by atoms with Crippen molar-refractivity contribution in [3.05, 3.63) is 18.3 Å². The van der Waals surface area contributed by atoms with E-state index in [0.717, 1.165) is 24.9 Å². The van der Waals surface area contributed by atoms with Crippen LogP contribution in [0.15, 0.2) is 18.3 Å². The number of carbonyl (C=O) groups is 1. The van der Waals surface area contributed by atoms with E-state index in [9.17, 15) is 4.79 Å². The Labute approximate surface area is 138 Å². The van der Waals surface area contributed by atoms with Gasteiger partial charge in [0.15, 0.2) is 0 Å². The van der Waals surface area contributed by atoms with Crippen LogP contribution in [0.25, 0.3) is 0 Å². The highest BCUT2D eigenvalue weighted by molar-refractivity contribution is 5.92. The van der Waals surface area contributed by atoms with E-state index in [2.05, 4.69) is 10.3 Å². The Balaban J connectivity index is 0.00000200. The van der Waals surface area contributed by atoms with E-state index in [0.29, 0.717) is 18.3 Å². The van der Waals surface area contributed by atoms with Crippen molar-refractivity contribution >= 4 is 42.2 Å². The summed E-state index contributed by atoms with van der Waals surface area (Å²) < 4.78 is 0. The molecule has 1 aliphatic carbocycles. The molecule has 0 aromatic carbocycles. The van der Waals surface area contributed by atoms with E-state index in [-0.39, 0.29) is 36.6 Å². The maximum Gasteiger partial charge on any atom is 0.228 e. The molecule has 1 heterocycles. The normalized spacial score (nSPS) is 20.1.